The van der Waals surface area contributed by atoms with Gasteiger partial charge < -0.3 is 5.11 Å². The molecule has 1 atom stereocenters. The van der Waals surface area contributed by atoms with Gasteiger partial charge in [-0.2, -0.15) is 13.1 Å². The highest BCUT2D eigenvalue weighted by Crippen LogP contribution is 2.05. The second-order valence-electron chi connectivity index (χ2n) is 3.03. The molecule has 0 rings (SSSR count). The molecule has 0 radical (unpaired) electrons. The van der Waals surface area contributed by atoms with E-state index in [0.717, 1.165) is 0 Å². The second-order valence-corrected chi connectivity index (χ2v) is 4.35. The van der Waals surface area contributed by atoms with Gasteiger partial charge in [-0.15, -0.1) is 0 Å². The fraction of sp³-hybridized carbons (Fsp3) is 1.00. The van der Waals surface area contributed by atoms with E-state index in [0.29, 0.717) is 6.42 Å². The van der Waals surface area contributed by atoms with Crippen LogP contribution in [0.4, 0.5) is 0 Å². The first-order chi connectivity index (χ1) is 5.37. The van der Waals surface area contributed by atoms with Gasteiger partial charge in [0, 0.05) is 12.6 Å². The highest BCUT2D eigenvalue weighted by molar-refractivity contribution is 7.87. The van der Waals surface area contributed by atoms with Crippen LogP contribution in [0.3, 0.4) is 0 Å². The number of hydrogen-bond acceptors (Lipinski definition) is 3. The third kappa shape index (κ3) is 5.48. The van der Waals surface area contributed by atoms with E-state index in [4.69, 9.17) is 10.2 Å². The van der Waals surface area contributed by atoms with Gasteiger partial charge >= 0.3 is 0 Å². The summed E-state index contributed by atoms with van der Waals surface area (Å²) in [6.07, 6.45) is 0.383. The van der Waals surface area contributed by atoms with Crippen molar-refractivity contribution in [2.45, 2.75) is 26.3 Å². The van der Waals surface area contributed by atoms with E-state index in [2.05, 4.69) is 4.72 Å². The third-order valence-corrected chi connectivity index (χ3v) is 2.19. The van der Waals surface area contributed by atoms with Crippen LogP contribution in [-0.2, 0) is 10.2 Å². The minimum Gasteiger partial charge on any atom is -0.396 e. The largest absolute Gasteiger partial charge is 0.396 e. The summed E-state index contributed by atoms with van der Waals surface area (Å²) in [5.41, 5.74) is 0. The Morgan fingerprint density at radius 1 is 1.50 bits per heavy atom. The molecule has 1 unspecified atom stereocenters. The van der Waals surface area contributed by atoms with Crippen molar-refractivity contribution in [3.05, 3.63) is 0 Å². The van der Waals surface area contributed by atoms with Gasteiger partial charge in [-0.25, -0.2) is 5.14 Å². The molecule has 4 N–H and O–H groups in total. The maximum atomic E-state index is 10.6. The van der Waals surface area contributed by atoms with E-state index in [-0.39, 0.29) is 18.6 Å². The van der Waals surface area contributed by atoms with Crippen LogP contribution in [0, 0.1) is 5.92 Å². The van der Waals surface area contributed by atoms with E-state index in [1.165, 1.54) is 0 Å². The molecule has 0 heterocycles. The molecule has 0 bridgehead atoms. The lowest BCUT2D eigenvalue weighted by Crippen LogP contribution is -2.42. The average Bonchev–Trinajstić information content (AvgIpc) is 1.83. The summed E-state index contributed by atoms with van der Waals surface area (Å²) in [6.45, 7) is 3.67. The molecule has 0 aromatic heterocycles. The van der Waals surface area contributed by atoms with Crippen LogP contribution >= 0.6 is 0 Å². The molecule has 12 heavy (non-hydrogen) atoms. The molecule has 0 aliphatic rings. The topological polar surface area (TPSA) is 92.4 Å². The minimum absolute atomic E-state index is 0.0502. The van der Waals surface area contributed by atoms with Crippen molar-refractivity contribution in [1.82, 2.24) is 4.72 Å². The normalized spacial score (nSPS) is 15.1. The predicted octanol–water partition coefficient (Wildman–Crippen LogP) is -0.813. The SMILES string of the molecule is CC(C)C(CCO)NS(N)(=O)=O. The lowest BCUT2D eigenvalue weighted by atomic mass is 10.0. The molecule has 0 aliphatic carbocycles. The second kappa shape index (κ2) is 4.76. The third-order valence-electron chi connectivity index (χ3n) is 1.56. The van der Waals surface area contributed by atoms with Crippen LogP contribution in [-0.4, -0.2) is 26.2 Å². The number of nitrogens with two attached hydrogens (primary N) is 1. The summed E-state index contributed by atoms with van der Waals surface area (Å²) in [5, 5.41) is 13.4. The van der Waals surface area contributed by atoms with Gasteiger partial charge in [0.25, 0.3) is 10.2 Å². The fourth-order valence-electron chi connectivity index (χ4n) is 0.878. The van der Waals surface area contributed by atoms with Crippen LogP contribution in [0.1, 0.15) is 20.3 Å². The van der Waals surface area contributed by atoms with Crippen LogP contribution < -0.4 is 9.86 Å². The quantitative estimate of drug-likeness (QED) is 0.536. The monoisotopic (exact) mass is 196 g/mol. The average molecular weight is 196 g/mol. The first-order valence-electron chi connectivity index (χ1n) is 3.77. The molecule has 0 amide bonds. The van der Waals surface area contributed by atoms with Gasteiger partial charge in [0.05, 0.1) is 0 Å². The molecule has 74 valence electrons. The van der Waals surface area contributed by atoms with Gasteiger partial charge in [0.2, 0.25) is 0 Å². The molecule has 6 heteroatoms. The number of nitrogens with one attached hydrogen (secondary N) is 1. The maximum absolute atomic E-state index is 10.6. The Balaban J connectivity index is 4.14. The fourth-order valence-corrected chi connectivity index (χ4v) is 1.69. The summed E-state index contributed by atoms with van der Waals surface area (Å²) in [6, 6.07) is -0.287. The van der Waals surface area contributed by atoms with E-state index < -0.39 is 10.2 Å². The summed E-state index contributed by atoms with van der Waals surface area (Å²) < 4.78 is 23.5. The minimum atomic E-state index is -3.65. The number of aliphatic hydroxyl groups excluding tert-OH is 1. The Kier molecular flexibility index (Phi) is 4.69. The summed E-state index contributed by atoms with van der Waals surface area (Å²) in [5.74, 6) is 0.121. The van der Waals surface area contributed by atoms with Gasteiger partial charge in [-0.3, -0.25) is 0 Å². The Hall–Kier alpha value is -0.170. The molecule has 0 aromatic rings. The van der Waals surface area contributed by atoms with Crippen molar-refractivity contribution >= 4 is 10.2 Å². The lowest BCUT2D eigenvalue weighted by molar-refractivity contribution is 0.256. The molecule has 0 aliphatic heterocycles. The van der Waals surface area contributed by atoms with Crippen molar-refractivity contribution in [3.63, 3.8) is 0 Å². The molecular formula is C6H16N2O3S. The van der Waals surface area contributed by atoms with Gasteiger partial charge in [0.1, 0.15) is 0 Å². The molecule has 0 saturated carbocycles. The van der Waals surface area contributed by atoms with Crippen LogP contribution in [0.25, 0.3) is 0 Å². The van der Waals surface area contributed by atoms with Gasteiger partial charge in [-0.05, 0) is 12.3 Å². The van der Waals surface area contributed by atoms with Crippen LogP contribution in [0.15, 0.2) is 0 Å². The molecule has 0 spiro atoms. The lowest BCUT2D eigenvalue weighted by Gasteiger charge is -2.19. The molecule has 0 saturated heterocycles. The standard InChI is InChI=1S/C6H16N2O3S/c1-5(2)6(3-4-9)8-12(7,10)11/h5-6,8-9H,3-4H2,1-2H3,(H2,7,10,11). The van der Waals surface area contributed by atoms with Crippen molar-refractivity contribution in [3.8, 4) is 0 Å². The molecule has 0 aromatic carbocycles. The number of aliphatic hydroxyl groups is 1. The summed E-state index contributed by atoms with van der Waals surface area (Å²) >= 11 is 0. The molecular weight excluding hydrogens is 180 g/mol. The van der Waals surface area contributed by atoms with Gasteiger partial charge in [0.15, 0.2) is 0 Å². The van der Waals surface area contributed by atoms with Crippen molar-refractivity contribution in [2.75, 3.05) is 6.61 Å². The van der Waals surface area contributed by atoms with Crippen LogP contribution in [0.2, 0.25) is 0 Å². The number of hydrogen-bond donors (Lipinski definition) is 3. The Labute approximate surface area is 73.1 Å². The van der Waals surface area contributed by atoms with E-state index in [1.807, 2.05) is 13.8 Å². The van der Waals surface area contributed by atoms with Crippen molar-refractivity contribution in [2.24, 2.45) is 11.1 Å². The summed E-state index contributed by atoms with van der Waals surface area (Å²) in [7, 11) is -3.65. The Bertz CT molecular complexity index is 213. The van der Waals surface area contributed by atoms with E-state index >= 15 is 0 Å². The zero-order chi connectivity index (χ0) is 9.78. The van der Waals surface area contributed by atoms with Gasteiger partial charge in [-0.1, -0.05) is 13.8 Å². The Morgan fingerprint density at radius 2 is 2.00 bits per heavy atom. The zero-order valence-electron chi connectivity index (χ0n) is 7.32. The first-order valence-corrected chi connectivity index (χ1v) is 5.32. The Morgan fingerprint density at radius 3 is 2.25 bits per heavy atom. The highest BCUT2D eigenvalue weighted by Gasteiger charge is 2.16. The predicted molar refractivity (Wildman–Crippen MR) is 46.6 cm³/mol. The number of rotatable bonds is 5. The first kappa shape index (κ1) is 11.8. The zero-order valence-corrected chi connectivity index (χ0v) is 8.13. The highest BCUT2D eigenvalue weighted by atomic mass is 32.2. The van der Waals surface area contributed by atoms with Crippen molar-refractivity contribution in [1.29, 1.82) is 0 Å². The molecule has 5 nitrogen and oxygen atoms in total. The van der Waals surface area contributed by atoms with Crippen molar-refractivity contribution < 1.29 is 13.5 Å². The smallest absolute Gasteiger partial charge is 0.274 e. The maximum Gasteiger partial charge on any atom is 0.274 e. The molecule has 0 fully saturated rings. The van der Waals surface area contributed by atoms with Crippen LogP contribution in [0.5, 0.6) is 0 Å². The van der Waals surface area contributed by atoms with E-state index in [1.54, 1.807) is 0 Å². The summed E-state index contributed by atoms with van der Waals surface area (Å²) in [4.78, 5) is 0. The van der Waals surface area contributed by atoms with E-state index in [9.17, 15) is 8.42 Å².